The van der Waals surface area contributed by atoms with Crippen LogP contribution in [0, 0.1) is 13.8 Å². The molecule has 0 radical (unpaired) electrons. The van der Waals surface area contributed by atoms with E-state index < -0.39 is 11.6 Å². The van der Waals surface area contributed by atoms with Crippen LogP contribution in [0.25, 0.3) is 0 Å². The van der Waals surface area contributed by atoms with Crippen LogP contribution in [-0.4, -0.2) is 5.97 Å². The molecule has 0 fully saturated rings. The van der Waals surface area contributed by atoms with Crippen LogP contribution in [0.3, 0.4) is 0 Å². The Labute approximate surface area is 136 Å². The number of hydrogen-bond donors (Lipinski definition) is 0. The molecule has 0 spiro atoms. The third-order valence-corrected chi connectivity index (χ3v) is 3.73. The average molecular weight is 314 g/mol. The minimum Gasteiger partial charge on any atom is -0.457 e. The molecule has 1 aromatic heterocycles. The van der Waals surface area contributed by atoms with Crippen LogP contribution in [-0.2, 0) is 16.8 Å². The molecule has 4 heteroatoms. The van der Waals surface area contributed by atoms with E-state index in [1.54, 1.807) is 13.8 Å². The first kappa shape index (κ1) is 17.0. The Kier molecular flexibility index (Phi) is 4.73. The Bertz CT molecular complexity index is 735. The Morgan fingerprint density at radius 2 is 1.74 bits per heavy atom. The van der Waals surface area contributed by atoms with Crippen molar-refractivity contribution in [2.24, 2.45) is 0 Å². The third kappa shape index (κ3) is 4.09. The lowest BCUT2D eigenvalue weighted by atomic mass is 9.87. The molecule has 0 aliphatic heterocycles. The lowest BCUT2D eigenvalue weighted by molar-refractivity contribution is 0.0467. The van der Waals surface area contributed by atoms with Gasteiger partial charge in [-0.15, -0.1) is 0 Å². The molecular weight excluding hydrogens is 292 g/mol. The van der Waals surface area contributed by atoms with Crippen molar-refractivity contribution in [1.82, 2.24) is 0 Å². The maximum atomic E-state index is 12.2. The summed E-state index contributed by atoms with van der Waals surface area (Å²) in [5.41, 5.74) is 2.64. The van der Waals surface area contributed by atoms with Gasteiger partial charge in [-0.1, -0.05) is 45.0 Å². The van der Waals surface area contributed by atoms with Crippen molar-refractivity contribution in [1.29, 1.82) is 0 Å². The molecular formula is C19H22O4. The van der Waals surface area contributed by atoms with Crippen molar-refractivity contribution in [3.8, 4) is 0 Å². The topological polar surface area (TPSA) is 56.5 Å². The minimum atomic E-state index is -0.483. The van der Waals surface area contributed by atoms with Gasteiger partial charge in [-0.2, -0.15) is 0 Å². The van der Waals surface area contributed by atoms with Gasteiger partial charge in [0.2, 0.25) is 0 Å². The number of ether oxygens (including phenoxy) is 1. The molecule has 0 aliphatic carbocycles. The van der Waals surface area contributed by atoms with Crippen molar-refractivity contribution in [3.05, 3.63) is 68.8 Å². The van der Waals surface area contributed by atoms with E-state index in [4.69, 9.17) is 9.15 Å². The van der Waals surface area contributed by atoms with E-state index in [0.29, 0.717) is 11.1 Å². The zero-order chi connectivity index (χ0) is 17.2. The van der Waals surface area contributed by atoms with E-state index in [-0.39, 0.29) is 17.8 Å². The fourth-order valence-electron chi connectivity index (χ4n) is 2.38. The Balaban J connectivity index is 2.09. The molecule has 2 rings (SSSR count). The maximum Gasteiger partial charge on any atom is 0.342 e. The van der Waals surface area contributed by atoms with Crippen LogP contribution in [0.4, 0.5) is 0 Å². The molecule has 1 aromatic carbocycles. The highest BCUT2D eigenvalue weighted by atomic mass is 16.5. The highest BCUT2D eigenvalue weighted by molar-refractivity contribution is 5.91. The minimum absolute atomic E-state index is 0.0883. The van der Waals surface area contributed by atoms with Crippen molar-refractivity contribution < 1.29 is 13.9 Å². The summed E-state index contributed by atoms with van der Waals surface area (Å²) < 4.78 is 10.3. The second-order valence-corrected chi connectivity index (χ2v) is 6.70. The van der Waals surface area contributed by atoms with Gasteiger partial charge in [-0.25, -0.2) is 9.59 Å². The standard InChI is InChI=1S/C19H22O4/c1-12-10-16(20)23-13(2)17(12)18(21)22-11-14-6-8-15(9-7-14)19(3,4)5/h6-10H,11H2,1-5H3. The largest absolute Gasteiger partial charge is 0.457 e. The van der Waals surface area contributed by atoms with Crippen LogP contribution >= 0.6 is 0 Å². The van der Waals surface area contributed by atoms with E-state index in [2.05, 4.69) is 20.8 Å². The summed E-state index contributed by atoms with van der Waals surface area (Å²) in [6.07, 6.45) is 0. The summed E-state index contributed by atoms with van der Waals surface area (Å²) in [7, 11) is 0. The number of carbonyl (C=O) groups is 1. The SMILES string of the molecule is Cc1cc(=O)oc(C)c1C(=O)OCc1ccc(C(C)(C)C)cc1. The zero-order valence-electron chi connectivity index (χ0n) is 14.2. The number of aryl methyl sites for hydroxylation is 2. The number of rotatable bonds is 3. The molecule has 23 heavy (non-hydrogen) atoms. The number of hydrogen-bond acceptors (Lipinski definition) is 4. The molecule has 0 amide bonds. The molecule has 0 aliphatic rings. The summed E-state index contributed by atoms with van der Waals surface area (Å²) in [6, 6.07) is 9.29. The van der Waals surface area contributed by atoms with Gasteiger partial charge in [0.1, 0.15) is 17.9 Å². The Morgan fingerprint density at radius 1 is 1.13 bits per heavy atom. The van der Waals surface area contributed by atoms with Gasteiger partial charge in [-0.05, 0) is 36.0 Å². The molecule has 122 valence electrons. The van der Waals surface area contributed by atoms with Crippen molar-refractivity contribution in [2.45, 2.75) is 46.6 Å². The fraction of sp³-hybridized carbons (Fsp3) is 0.368. The second kappa shape index (κ2) is 6.41. The fourth-order valence-corrected chi connectivity index (χ4v) is 2.38. The van der Waals surface area contributed by atoms with Crippen LogP contribution in [0.1, 0.15) is 53.6 Å². The zero-order valence-corrected chi connectivity index (χ0v) is 14.2. The van der Waals surface area contributed by atoms with Gasteiger partial charge in [0.25, 0.3) is 0 Å². The monoisotopic (exact) mass is 314 g/mol. The van der Waals surface area contributed by atoms with E-state index in [1.165, 1.54) is 11.6 Å². The number of benzene rings is 1. The molecule has 2 aromatic rings. The van der Waals surface area contributed by atoms with Gasteiger partial charge in [0, 0.05) is 6.07 Å². The van der Waals surface area contributed by atoms with Crippen molar-refractivity contribution >= 4 is 5.97 Å². The van der Waals surface area contributed by atoms with Gasteiger partial charge < -0.3 is 9.15 Å². The van der Waals surface area contributed by atoms with E-state index in [9.17, 15) is 9.59 Å². The molecule has 0 unspecified atom stereocenters. The predicted octanol–water partition coefficient (Wildman–Crippen LogP) is 3.91. The molecule has 0 atom stereocenters. The van der Waals surface area contributed by atoms with Crippen LogP contribution in [0.15, 0.2) is 39.5 Å². The Morgan fingerprint density at radius 3 is 2.26 bits per heavy atom. The Hall–Kier alpha value is -2.36. The highest BCUT2D eigenvalue weighted by Gasteiger charge is 2.17. The highest BCUT2D eigenvalue weighted by Crippen LogP contribution is 2.22. The summed E-state index contributed by atoms with van der Waals surface area (Å²) in [5, 5.41) is 0. The average Bonchev–Trinajstić information content (AvgIpc) is 2.43. The smallest absolute Gasteiger partial charge is 0.342 e. The van der Waals surface area contributed by atoms with E-state index >= 15 is 0 Å². The van der Waals surface area contributed by atoms with Crippen molar-refractivity contribution in [2.75, 3.05) is 0 Å². The lowest BCUT2D eigenvalue weighted by Crippen LogP contribution is -2.13. The van der Waals surface area contributed by atoms with Gasteiger partial charge in [0.05, 0.1) is 0 Å². The number of carbonyl (C=O) groups excluding carboxylic acids is 1. The van der Waals surface area contributed by atoms with Crippen molar-refractivity contribution in [3.63, 3.8) is 0 Å². The quantitative estimate of drug-likeness (QED) is 0.806. The van der Waals surface area contributed by atoms with Crippen LogP contribution in [0.5, 0.6) is 0 Å². The molecule has 4 nitrogen and oxygen atoms in total. The molecule has 0 bridgehead atoms. The predicted molar refractivity (Wildman–Crippen MR) is 88.7 cm³/mol. The van der Waals surface area contributed by atoms with E-state index in [0.717, 1.165) is 5.56 Å². The lowest BCUT2D eigenvalue weighted by Gasteiger charge is -2.19. The van der Waals surface area contributed by atoms with Gasteiger partial charge >= 0.3 is 11.6 Å². The van der Waals surface area contributed by atoms with E-state index in [1.807, 2.05) is 24.3 Å². The first-order valence-electron chi connectivity index (χ1n) is 7.56. The first-order chi connectivity index (χ1) is 10.7. The molecule has 0 saturated carbocycles. The molecule has 0 N–H and O–H groups in total. The molecule has 1 heterocycles. The number of esters is 1. The summed E-state index contributed by atoms with van der Waals surface area (Å²) in [5.74, 6) is -0.202. The maximum absolute atomic E-state index is 12.2. The van der Waals surface area contributed by atoms with Gasteiger partial charge in [-0.3, -0.25) is 0 Å². The summed E-state index contributed by atoms with van der Waals surface area (Å²) >= 11 is 0. The van der Waals surface area contributed by atoms with Gasteiger partial charge in [0.15, 0.2) is 0 Å². The summed E-state index contributed by atoms with van der Waals surface area (Å²) in [4.78, 5) is 23.5. The first-order valence-corrected chi connectivity index (χ1v) is 7.56. The van der Waals surface area contributed by atoms with Crippen LogP contribution in [0.2, 0.25) is 0 Å². The van der Waals surface area contributed by atoms with Crippen LogP contribution < -0.4 is 5.63 Å². The third-order valence-electron chi connectivity index (χ3n) is 3.73. The normalized spacial score (nSPS) is 11.3. The second-order valence-electron chi connectivity index (χ2n) is 6.70. The molecule has 0 saturated heterocycles. The summed E-state index contributed by atoms with van der Waals surface area (Å²) in [6.45, 7) is 9.91.